The van der Waals surface area contributed by atoms with Crippen LogP contribution in [0.1, 0.15) is 66.7 Å². The van der Waals surface area contributed by atoms with Crippen LogP contribution in [0.25, 0.3) is 0 Å². The van der Waals surface area contributed by atoms with Gasteiger partial charge in [0.2, 0.25) is 0 Å². The summed E-state index contributed by atoms with van der Waals surface area (Å²) in [5, 5.41) is 3.71. The maximum atomic E-state index is 3.71. The Morgan fingerprint density at radius 3 is 2.33 bits per heavy atom. The standard InChI is InChI=1S/C16H34N2/c1-7-13(8-2)18(6)15-12-16(4,5)11-10-14(15)17-9-3/h13-15,17H,7-12H2,1-6H3. The molecule has 0 aromatic carbocycles. The van der Waals surface area contributed by atoms with Gasteiger partial charge < -0.3 is 5.32 Å². The molecule has 0 aromatic rings. The first-order chi connectivity index (χ1) is 8.45. The van der Waals surface area contributed by atoms with Gasteiger partial charge in [-0.3, -0.25) is 4.90 Å². The van der Waals surface area contributed by atoms with Gasteiger partial charge in [-0.1, -0.05) is 34.6 Å². The predicted octanol–water partition coefficient (Wildman–Crippen LogP) is 3.66. The van der Waals surface area contributed by atoms with E-state index in [2.05, 4.69) is 51.9 Å². The van der Waals surface area contributed by atoms with E-state index >= 15 is 0 Å². The second-order valence-corrected chi connectivity index (χ2v) is 6.77. The molecule has 1 aliphatic rings. The fourth-order valence-electron chi connectivity index (χ4n) is 3.61. The molecule has 0 bridgehead atoms. The molecule has 2 nitrogen and oxygen atoms in total. The topological polar surface area (TPSA) is 15.3 Å². The molecular weight excluding hydrogens is 220 g/mol. The minimum atomic E-state index is 0.511. The number of hydrogen-bond donors (Lipinski definition) is 1. The Kier molecular flexibility index (Phi) is 6.13. The summed E-state index contributed by atoms with van der Waals surface area (Å²) >= 11 is 0. The SMILES string of the molecule is CCNC1CCC(C)(C)CC1N(C)C(CC)CC. The van der Waals surface area contributed by atoms with Crippen LogP contribution in [-0.4, -0.2) is 36.6 Å². The third-order valence-electron chi connectivity index (χ3n) is 4.87. The minimum Gasteiger partial charge on any atom is -0.313 e. The molecule has 1 aliphatic carbocycles. The van der Waals surface area contributed by atoms with Gasteiger partial charge in [0.15, 0.2) is 0 Å². The van der Waals surface area contributed by atoms with Crippen LogP contribution in [0.15, 0.2) is 0 Å². The van der Waals surface area contributed by atoms with Gasteiger partial charge in [-0.25, -0.2) is 0 Å². The average molecular weight is 254 g/mol. The molecule has 1 saturated carbocycles. The molecule has 0 heterocycles. The highest BCUT2D eigenvalue weighted by Crippen LogP contribution is 2.38. The number of rotatable bonds is 6. The molecule has 0 amide bonds. The van der Waals surface area contributed by atoms with Crippen molar-refractivity contribution in [3.05, 3.63) is 0 Å². The van der Waals surface area contributed by atoms with E-state index in [1.807, 2.05) is 0 Å². The maximum Gasteiger partial charge on any atom is 0.0254 e. The van der Waals surface area contributed by atoms with Crippen LogP contribution < -0.4 is 5.32 Å². The number of hydrogen-bond acceptors (Lipinski definition) is 2. The molecule has 2 heteroatoms. The lowest BCUT2D eigenvalue weighted by Crippen LogP contribution is -2.56. The molecule has 0 saturated heterocycles. The zero-order valence-corrected chi connectivity index (χ0v) is 13.4. The van der Waals surface area contributed by atoms with Crippen molar-refractivity contribution in [1.29, 1.82) is 0 Å². The minimum absolute atomic E-state index is 0.511. The molecule has 18 heavy (non-hydrogen) atoms. The lowest BCUT2D eigenvalue weighted by molar-refractivity contribution is 0.0526. The fourth-order valence-corrected chi connectivity index (χ4v) is 3.61. The number of nitrogens with one attached hydrogen (secondary N) is 1. The molecule has 0 spiro atoms. The molecule has 1 rings (SSSR count). The van der Waals surface area contributed by atoms with Crippen molar-refractivity contribution in [2.75, 3.05) is 13.6 Å². The Morgan fingerprint density at radius 1 is 1.22 bits per heavy atom. The van der Waals surface area contributed by atoms with Crippen molar-refractivity contribution in [2.45, 2.75) is 84.8 Å². The molecule has 2 unspecified atom stereocenters. The van der Waals surface area contributed by atoms with Crippen LogP contribution in [0.2, 0.25) is 0 Å². The molecule has 2 atom stereocenters. The predicted molar refractivity (Wildman–Crippen MR) is 81.0 cm³/mol. The normalized spacial score (nSPS) is 28.0. The van der Waals surface area contributed by atoms with Gasteiger partial charge in [0, 0.05) is 18.1 Å². The van der Waals surface area contributed by atoms with E-state index in [0.717, 1.165) is 12.6 Å². The summed E-state index contributed by atoms with van der Waals surface area (Å²) in [6.45, 7) is 12.8. The zero-order chi connectivity index (χ0) is 13.8. The van der Waals surface area contributed by atoms with Gasteiger partial charge in [0.1, 0.15) is 0 Å². The molecule has 1 fully saturated rings. The van der Waals surface area contributed by atoms with Crippen molar-refractivity contribution in [3.63, 3.8) is 0 Å². The highest BCUT2D eigenvalue weighted by molar-refractivity contribution is 4.94. The summed E-state index contributed by atoms with van der Waals surface area (Å²) in [4.78, 5) is 2.66. The lowest BCUT2D eigenvalue weighted by atomic mass is 9.72. The first-order valence-corrected chi connectivity index (χ1v) is 7.90. The summed E-state index contributed by atoms with van der Waals surface area (Å²) < 4.78 is 0. The third kappa shape index (κ3) is 3.96. The van der Waals surface area contributed by atoms with Crippen LogP contribution in [0.4, 0.5) is 0 Å². The Hall–Kier alpha value is -0.0800. The highest BCUT2D eigenvalue weighted by atomic mass is 15.2. The van der Waals surface area contributed by atoms with Crippen LogP contribution in [-0.2, 0) is 0 Å². The van der Waals surface area contributed by atoms with Crippen LogP contribution in [0.3, 0.4) is 0 Å². The second-order valence-electron chi connectivity index (χ2n) is 6.77. The van der Waals surface area contributed by atoms with Crippen molar-refractivity contribution in [1.82, 2.24) is 10.2 Å². The third-order valence-corrected chi connectivity index (χ3v) is 4.87. The van der Waals surface area contributed by atoms with E-state index in [9.17, 15) is 0 Å². The largest absolute Gasteiger partial charge is 0.313 e. The molecule has 108 valence electrons. The molecule has 0 aliphatic heterocycles. The first-order valence-electron chi connectivity index (χ1n) is 7.90. The van der Waals surface area contributed by atoms with E-state index in [1.165, 1.54) is 32.1 Å². The summed E-state index contributed by atoms with van der Waals surface area (Å²) in [6.07, 6.45) is 6.55. The Bertz CT molecular complexity index is 233. The fraction of sp³-hybridized carbons (Fsp3) is 1.00. The molecule has 0 radical (unpaired) electrons. The van der Waals surface area contributed by atoms with E-state index in [4.69, 9.17) is 0 Å². The Morgan fingerprint density at radius 2 is 1.83 bits per heavy atom. The number of likely N-dealkylation sites (N-methyl/N-ethyl adjacent to an activating group) is 2. The van der Waals surface area contributed by atoms with Gasteiger partial charge in [0.25, 0.3) is 0 Å². The monoisotopic (exact) mass is 254 g/mol. The van der Waals surface area contributed by atoms with Gasteiger partial charge in [-0.2, -0.15) is 0 Å². The van der Waals surface area contributed by atoms with E-state index in [-0.39, 0.29) is 0 Å². The Labute approximate surface area is 115 Å². The highest BCUT2D eigenvalue weighted by Gasteiger charge is 2.37. The summed E-state index contributed by atoms with van der Waals surface area (Å²) in [6, 6.07) is 2.14. The van der Waals surface area contributed by atoms with E-state index in [1.54, 1.807) is 0 Å². The van der Waals surface area contributed by atoms with Gasteiger partial charge in [0.05, 0.1) is 0 Å². The van der Waals surface area contributed by atoms with Crippen molar-refractivity contribution in [3.8, 4) is 0 Å². The second kappa shape index (κ2) is 6.91. The quantitative estimate of drug-likeness (QED) is 0.778. The van der Waals surface area contributed by atoms with Gasteiger partial charge >= 0.3 is 0 Å². The maximum absolute atomic E-state index is 3.71. The number of nitrogens with zero attached hydrogens (tertiary/aromatic N) is 1. The molecule has 0 aromatic heterocycles. The van der Waals surface area contributed by atoms with Crippen LogP contribution in [0.5, 0.6) is 0 Å². The van der Waals surface area contributed by atoms with E-state index in [0.29, 0.717) is 17.5 Å². The van der Waals surface area contributed by atoms with Crippen LogP contribution >= 0.6 is 0 Å². The van der Waals surface area contributed by atoms with Crippen molar-refractivity contribution in [2.24, 2.45) is 5.41 Å². The zero-order valence-electron chi connectivity index (χ0n) is 13.4. The summed E-state index contributed by atoms with van der Waals surface area (Å²) in [7, 11) is 2.34. The first kappa shape index (κ1) is 16.0. The average Bonchev–Trinajstić information content (AvgIpc) is 2.32. The smallest absolute Gasteiger partial charge is 0.0254 e. The summed E-state index contributed by atoms with van der Waals surface area (Å²) in [5.41, 5.74) is 0.511. The summed E-state index contributed by atoms with van der Waals surface area (Å²) in [5.74, 6) is 0. The van der Waals surface area contributed by atoms with Crippen molar-refractivity contribution < 1.29 is 0 Å². The van der Waals surface area contributed by atoms with Crippen LogP contribution in [0, 0.1) is 5.41 Å². The van der Waals surface area contributed by atoms with Gasteiger partial charge in [-0.05, 0) is 51.1 Å². The van der Waals surface area contributed by atoms with Gasteiger partial charge in [-0.15, -0.1) is 0 Å². The van der Waals surface area contributed by atoms with Crippen molar-refractivity contribution >= 4 is 0 Å². The molecular formula is C16H34N2. The van der Waals surface area contributed by atoms with E-state index < -0.39 is 0 Å². The lowest BCUT2D eigenvalue weighted by Gasteiger charge is -2.47. The molecule has 1 N–H and O–H groups in total. The Balaban J connectivity index is 2.76.